The summed E-state index contributed by atoms with van der Waals surface area (Å²) in [5.41, 5.74) is 5.90. The molecular formula is C8H13N3O2S. The monoisotopic (exact) mass is 215 g/mol. The van der Waals surface area contributed by atoms with E-state index < -0.39 is 5.97 Å². The molecule has 0 atom stereocenters. The van der Waals surface area contributed by atoms with Gasteiger partial charge in [-0.1, -0.05) is 0 Å². The predicted octanol–water partition coefficient (Wildman–Crippen LogP) is 0.615. The molecule has 14 heavy (non-hydrogen) atoms. The van der Waals surface area contributed by atoms with Crippen LogP contribution in [0.4, 0.5) is 5.82 Å². The second-order valence-electron chi connectivity index (χ2n) is 2.66. The molecule has 6 heteroatoms. The predicted molar refractivity (Wildman–Crippen MR) is 56.4 cm³/mol. The highest BCUT2D eigenvalue weighted by Crippen LogP contribution is 2.11. The first-order valence-electron chi connectivity index (χ1n) is 4.08. The largest absolute Gasteiger partial charge is 0.464 e. The maximum absolute atomic E-state index is 11.1. The number of hydrogen-bond acceptors (Lipinski definition) is 5. The number of anilines is 1. The van der Waals surface area contributed by atoms with Gasteiger partial charge in [-0.25, -0.2) is 9.78 Å². The summed E-state index contributed by atoms with van der Waals surface area (Å²) in [7, 11) is 1.31. The van der Waals surface area contributed by atoms with Crippen LogP contribution < -0.4 is 5.73 Å². The first-order valence-corrected chi connectivity index (χ1v) is 5.48. The summed E-state index contributed by atoms with van der Waals surface area (Å²) < 4.78 is 6.27. The average molecular weight is 215 g/mol. The van der Waals surface area contributed by atoms with Crippen molar-refractivity contribution >= 4 is 23.5 Å². The molecule has 5 nitrogen and oxygen atoms in total. The lowest BCUT2D eigenvalue weighted by molar-refractivity contribution is 0.0596. The highest BCUT2D eigenvalue weighted by atomic mass is 32.2. The van der Waals surface area contributed by atoms with Crippen LogP contribution in [-0.4, -0.2) is 34.6 Å². The Bertz CT molecular complexity index is 324. The fourth-order valence-corrected chi connectivity index (χ4v) is 1.39. The molecule has 0 fully saturated rings. The van der Waals surface area contributed by atoms with E-state index in [-0.39, 0.29) is 5.69 Å². The van der Waals surface area contributed by atoms with Crippen LogP contribution in [0.25, 0.3) is 0 Å². The summed E-state index contributed by atoms with van der Waals surface area (Å²) in [5, 5.41) is 0. The number of methoxy groups -OCH3 is 1. The van der Waals surface area contributed by atoms with Gasteiger partial charge in [0.1, 0.15) is 5.82 Å². The summed E-state index contributed by atoms with van der Waals surface area (Å²) in [5.74, 6) is 0.803. The average Bonchev–Trinajstić information content (AvgIpc) is 2.56. The van der Waals surface area contributed by atoms with E-state index in [0.717, 1.165) is 12.3 Å². The van der Waals surface area contributed by atoms with Gasteiger partial charge in [-0.3, -0.25) is 0 Å². The molecule has 0 spiro atoms. The molecule has 78 valence electrons. The Morgan fingerprint density at radius 3 is 3.07 bits per heavy atom. The lowest BCUT2D eigenvalue weighted by atomic mass is 10.4. The molecule has 0 unspecified atom stereocenters. The minimum absolute atomic E-state index is 0.189. The molecule has 0 bridgehead atoms. The fourth-order valence-electron chi connectivity index (χ4n) is 1.01. The number of rotatable bonds is 4. The number of carbonyl (C=O) groups is 1. The Morgan fingerprint density at radius 2 is 2.50 bits per heavy atom. The van der Waals surface area contributed by atoms with Gasteiger partial charge in [-0.15, -0.1) is 0 Å². The van der Waals surface area contributed by atoms with Crippen LogP contribution in [0.3, 0.4) is 0 Å². The van der Waals surface area contributed by atoms with Crippen molar-refractivity contribution in [1.82, 2.24) is 9.55 Å². The SMILES string of the molecule is COC(=O)c1ncn(CCSC)c1N. The van der Waals surface area contributed by atoms with Crippen molar-refractivity contribution in [3.8, 4) is 0 Å². The molecule has 0 saturated carbocycles. The molecule has 0 amide bonds. The Kier molecular flexibility index (Phi) is 3.82. The van der Waals surface area contributed by atoms with E-state index in [0.29, 0.717) is 5.82 Å². The summed E-state index contributed by atoms with van der Waals surface area (Å²) in [6, 6.07) is 0. The molecule has 1 rings (SSSR count). The normalized spacial score (nSPS) is 10.1. The number of aromatic nitrogens is 2. The van der Waals surface area contributed by atoms with Crippen LogP contribution in [0.5, 0.6) is 0 Å². The Morgan fingerprint density at radius 1 is 1.79 bits per heavy atom. The van der Waals surface area contributed by atoms with E-state index in [1.165, 1.54) is 7.11 Å². The Labute approximate surface area is 86.6 Å². The van der Waals surface area contributed by atoms with Crippen LogP contribution in [-0.2, 0) is 11.3 Å². The van der Waals surface area contributed by atoms with Crippen molar-refractivity contribution in [2.45, 2.75) is 6.54 Å². The number of ether oxygens (including phenoxy) is 1. The van der Waals surface area contributed by atoms with E-state index in [2.05, 4.69) is 9.72 Å². The summed E-state index contributed by atoms with van der Waals surface area (Å²) >= 11 is 1.71. The van der Waals surface area contributed by atoms with E-state index in [1.54, 1.807) is 22.7 Å². The highest BCUT2D eigenvalue weighted by Gasteiger charge is 2.15. The fraction of sp³-hybridized carbons (Fsp3) is 0.500. The number of nitrogens with two attached hydrogens (primary N) is 1. The lowest BCUT2D eigenvalue weighted by Gasteiger charge is -2.03. The molecule has 0 saturated heterocycles. The Balaban J connectivity index is 2.80. The third kappa shape index (κ3) is 2.20. The molecule has 0 aromatic carbocycles. The van der Waals surface area contributed by atoms with Crippen LogP contribution in [0.1, 0.15) is 10.5 Å². The van der Waals surface area contributed by atoms with E-state index >= 15 is 0 Å². The van der Waals surface area contributed by atoms with Crippen LogP contribution >= 0.6 is 11.8 Å². The van der Waals surface area contributed by atoms with Gasteiger partial charge in [0.15, 0.2) is 5.69 Å². The van der Waals surface area contributed by atoms with Crippen molar-refractivity contribution < 1.29 is 9.53 Å². The minimum Gasteiger partial charge on any atom is -0.464 e. The zero-order valence-corrected chi connectivity index (χ0v) is 9.00. The number of carbonyl (C=O) groups excluding carboxylic acids is 1. The van der Waals surface area contributed by atoms with Gasteiger partial charge < -0.3 is 15.0 Å². The first kappa shape index (κ1) is 10.9. The zero-order chi connectivity index (χ0) is 10.6. The van der Waals surface area contributed by atoms with Gasteiger partial charge in [0.2, 0.25) is 0 Å². The number of nitrogens with zero attached hydrogens (tertiary/aromatic N) is 2. The maximum Gasteiger partial charge on any atom is 0.360 e. The van der Waals surface area contributed by atoms with Crippen molar-refractivity contribution in [2.75, 3.05) is 24.9 Å². The number of hydrogen-bond donors (Lipinski definition) is 1. The zero-order valence-electron chi connectivity index (χ0n) is 8.19. The topological polar surface area (TPSA) is 70.1 Å². The lowest BCUT2D eigenvalue weighted by Crippen LogP contribution is -2.09. The quantitative estimate of drug-likeness (QED) is 0.745. The maximum atomic E-state index is 11.1. The van der Waals surface area contributed by atoms with Crippen molar-refractivity contribution in [3.63, 3.8) is 0 Å². The number of imidazole rings is 1. The standard InChI is InChI=1S/C8H13N3O2S/c1-13-8(12)6-7(9)11(5-10-6)3-4-14-2/h5H,3-4,9H2,1-2H3. The molecule has 0 aliphatic heterocycles. The first-order chi connectivity index (χ1) is 6.70. The molecular weight excluding hydrogens is 202 g/mol. The number of nitrogen functional groups attached to an aromatic ring is 1. The molecule has 1 heterocycles. The van der Waals surface area contributed by atoms with Crippen LogP contribution in [0, 0.1) is 0 Å². The second kappa shape index (κ2) is 4.90. The molecule has 0 radical (unpaired) electrons. The Hall–Kier alpha value is -1.17. The summed E-state index contributed by atoms with van der Waals surface area (Å²) in [6.07, 6.45) is 3.56. The van der Waals surface area contributed by atoms with Crippen LogP contribution in [0.15, 0.2) is 6.33 Å². The van der Waals surface area contributed by atoms with Gasteiger partial charge in [-0.2, -0.15) is 11.8 Å². The number of esters is 1. The number of aryl methyl sites for hydroxylation is 1. The molecule has 0 aliphatic rings. The van der Waals surface area contributed by atoms with Gasteiger partial charge in [0.05, 0.1) is 13.4 Å². The van der Waals surface area contributed by atoms with E-state index in [4.69, 9.17) is 5.73 Å². The molecule has 1 aromatic rings. The van der Waals surface area contributed by atoms with Crippen LogP contribution in [0.2, 0.25) is 0 Å². The third-order valence-corrected chi connectivity index (χ3v) is 2.38. The highest BCUT2D eigenvalue weighted by molar-refractivity contribution is 7.98. The second-order valence-corrected chi connectivity index (χ2v) is 3.64. The van der Waals surface area contributed by atoms with Crippen molar-refractivity contribution in [3.05, 3.63) is 12.0 Å². The van der Waals surface area contributed by atoms with Gasteiger partial charge in [-0.05, 0) is 6.26 Å². The molecule has 0 aliphatic carbocycles. The minimum atomic E-state index is -0.495. The van der Waals surface area contributed by atoms with E-state index in [1.807, 2.05) is 6.26 Å². The van der Waals surface area contributed by atoms with Gasteiger partial charge in [0, 0.05) is 12.3 Å². The number of thioether (sulfide) groups is 1. The van der Waals surface area contributed by atoms with Gasteiger partial charge in [0.25, 0.3) is 0 Å². The van der Waals surface area contributed by atoms with Crippen molar-refractivity contribution in [2.24, 2.45) is 0 Å². The molecule has 1 aromatic heterocycles. The smallest absolute Gasteiger partial charge is 0.360 e. The summed E-state index contributed by atoms with van der Waals surface area (Å²) in [4.78, 5) is 15.0. The van der Waals surface area contributed by atoms with Crippen molar-refractivity contribution in [1.29, 1.82) is 0 Å². The third-order valence-electron chi connectivity index (χ3n) is 1.79. The summed E-state index contributed by atoms with van der Waals surface area (Å²) in [6.45, 7) is 0.747. The molecule has 2 N–H and O–H groups in total. The van der Waals surface area contributed by atoms with Gasteiger partial charge >= 0.3 is 5.97 Å². The van der Waals surface area contributed by atoms with E-state index in [9.17, 15) is 4.79 Å².